The molecule has 2 saturated heterocycles. The first-order valence-corrected chi connectivity index (χ1v) is 10.5. The maximum Gasteiger partial charge on any atom is 0.247 e. The van der Waals surface area contributed by atoms with E-state index >= 15 is 0 Å². The highest BCUT2D eigenvalue weighted by Crippen LogP contribution is 2.47. The number of carbonyl (C=O) groups excluding carboxylic acids is 1. The zero-order valence-corrected chi connectivity index (χ0v) is 17.8. The molecule has 3 aromatic rings. The zero-order valence-electron chi connectivity index (χ0n) is 17.8. The van der Waals surface area contributed by atoms with Gasteiger partial charge in [-0.3, -0.25) is 9.69 Å². The molecular weight excluding hydrogens is 392 g/mol. The van der Waals surface area contributed by atoms with Crippen LogP contribution in [0.2, 0.25) is 0 Å². The van der Waals surface area contributed by atoms with Crippen LogP contribution in [-0.4, -0.2) is 59.7 Å². The third-order valence-electron chi connectivity index (χ3n) is 6.41. The Bertz CT molecular complexity index is 1060. The largest absolute Gasteiger partial charge is 0.497 e. The zero-order chi connectivity index (χ0) is 21.4. The van der Waals surface area contributed by atoms with Gasteiger partial charge in [-0.2, -0.15) is 0 Å². The average Bonchev–Trinajstić information content (AvgIpc) is 3.38. The van der Waals surface area contributed by atoms with Crippen molar-refractivity contribution in [3.8, 4) is 17.2 Å². The van der Waals surface area contributed by atoms with Crippen molar-refractivity contribution < 1.29 is 13.9 Å². The molecule has 0 saturated carbocycles. The maximum absolute atomic E-state index is 12.7. The number of ether oxygens (including phenoxy) is 1. The predicted octanol–water partition coefficient (Wildman–Crippen LogP) is 3.19. The van der Waals surface area contributed by atoms with E-state index < -0.39 is 0 Å². The number of likely N-dealkylation sites (tertiary alicyclic amines) is 2. The molecule has 3 heterocycles. The van der Waals surface area contributed by atoms with Crippen molar-refractivity contribution in [1.82, 2.24) is 20.0 Å². The molecule has 0 aliphatic carbocycles. The van der Waals surface area contributed by atoms with Crippen LogP contribution >= 0.6 is 0 Å². The summed E-state index contributed by atoms with van der Waals surface area (Å²) in [5.41, 5.74) is 2.04. The Hall–Kier alpha value is -3.19. The molecule has 1 atom stereocenters. The highest BCUT2D eigenvalue weighted by atomic mass is 16.5. The molecule has 2 fully saturated rings. The number of carbonyl (C=O) groups is 1. The molecule has 1 amide bonds. The fourth-order valence-electron chi connectivity index (χ4n) is 4.81. The lowest BCUT2D eigenvalue weighted by molar-refractivity contribution is -0.141. The second-order valence-electron chi connectivity index (χ2n) is 8.72. The van der Waals surface area contributed by atoms with Gasteiger partial charge in [0.25, 0.3) is 0 Å². The summed E-state index contributed by atoms with van der Waals surface area (Å²) in [6.07, 6.45) is 1.34. The van der Waals surface area contributed by atoms with Crippen LogP contribution in [-0.2, 0) is 11.2 Å². The number of hydrogen-bond donors (Lipinski definition) is 0. The van der Waals surface area contributed by atoms with Crippen LogP contribution in [0.4, 0.5) is 0 Å². The van der Waals surface area contributed by atoms with Gasteiger partial charge in [0, 0.05) is 30.6 Å². The minimum atomic E-state index is 0.0869. The lowest BCUT2D eigenvalue weighted by Crippen LogP contribution is -2.59. The number of benzene rings is 2. The van der Waals surface area contributed by atoms with Crippen molar-refractivity contribution in [2.45, 2.75) is 18.9 Å². The van der Waals surface area contributed by atoms with E-state index in [0.29, 0.717) is 18.2 Å². The first kappa shape index (κ1) is 19.8. The standard InChI is InChI=1S/C24H26N4O3/c1-27-14-24(13-20(27)23-26-25-22(31-23)18-6-4-3-5-7-18)15-28(16-24)21(29)12-17-8-10-19(30-2)11-9-17/h3-11,20H,12-16H2,1-2H3. The average molecular weight is 418 g/mol. The summed E-state index contributed by atoms with van der Waals surface area (Å²) in [4.78, 5) is 17.0. The van der Waals surface area contributed by atoms with Gasteiger partial charge in [-0.25, -0.2) is 0 Å². The lowest BCUT2D eigenvalue weighted by atomic mass is 9.77. The molecule has 5 rings (SSSR count). The number of hydrogen-bond acceptors (Lipinski definition) is 6. The van der Waals surface area contributed by atoms with Gasteiger partial charge < -0.3 is 14.1 Å². The van der Waals surface area contributed by atoms with Crippen molar-refractivity contribution in [2.75, 3.05) is 33.8 Å². The Balaban J connectivity index is 1.20. The van der Waals surface area contributed by atoms with Gasteiger partial charge in [0.1, 0.15) is 5.75 Å². The fourth-order valence-corrected chi connectivity index (χ4v) is 4.81. The molecular formula is C24H26N4O3. The van der Waals surface area contributed by atoms with Crippen LogP contribution < -0.4 is 4.74 Å². The van der Waals surface area contributed by atoms with Gasteiger partial charge in [-0.1, -0.05) is 30.3 Å². The number of methoxy groups -OCH3 is 1. The molecule has 1 spiro atoms. The molecule has 7 nitrogen and oxygen atoms in total. The van der Waals surface area contributed by atoms with Crippen LogP contribution in [0.5, 0.6) is 5.75 Å². The van der Waals surface area contributed by atoms with E-state index in [9.17, 15) is 4.79 Å². The number of amides is 1. The highest BCUT2D eigenvalue weighted by molar-refractivity contribution is 5.79. The summed E-state index contributed by atoms with van der Waals surface area (Å²) in [5.74, 6) is 2.18. The van der Waals surface area contributed by atoms with Crippen molar-refractivity contribution in [3.05, 3.63) is 66.1 Å². The van der Waals surface area contributed by atoms with Gasteiger partial charge in [0.15, 0.2) is 0 Å². The quantitative estimate of drug-likeness (QED) is 0.634. The highest BCUT2D eigenvalue weighted by Gasteiger charge is 2.53. The van der Waals surface area contributed by atoms with E-state index in [2.05, 4.69) is 22.1 Å². The third kappa shape index (κ3) is 3.81. The van der Waals surface area contributed by atoms with Gasteiger partial charge in [-0.15, -0.1) is 10.2 Å². The first-order chi connectivity index (χ1) is 15.0. The maximum atomic E-state index is 12.7. The third-order valence-corrected chi connectivity index (χ3v) is 6.41. The van der Waals surface area contributed by atoms with Gasteiger partial charge in [0.05, 0.1) is 19.6 Å². The smallest absolute Gasteiger partial charge is 0.247 e. The predicted molar refractivity (Wildman–Crippen MR) is 115 cm³/mol. The van der Waals surface area contributed by atoms with Crippen molar-refractivity contribution in [3.63, 3.8) is 0 Å². The van der Waals surface area contributed by atoms with Crippen molar-refractivity contribution in [1.29, 1.82) is 0 Å². The first-order valence-electron chi connectivity index (χ1n) is 10.5. The summed E-state index contributed by atoms with van der Waals surface area (Å²) in [6, 6.07) is 17.6. The molecule has 7 heteroatoms. The summed E-state index contributed by atoms with van der Waals surface area (Å²) >= 11 is 0. The van der Waals surface area contributed by atoms with Crippen molar-refractivity contribution >= 4 is 5.91 Å². The Kier molecular flexibility index (Phi) is 4.98. The second kappa shape index (κ2) is 7.81. The summed E-state index contributed by atoms with van der Waals surface area (Å²) in [7, 11) is 3.73. The monoisotopic (exact) mass is 418 g/mol. The Labute approximate surface area is 181 Å². The molecule has 31 heavy (non-hydrogen) atoms. The Morgan fingerprint density at radius 3 is 2.55 bits per heavy atom. The second-order valence-corrected chi connectivity index (χ2v) is 8.72. The van der Waals surface area contributed by atoms with E-state index in [1.54, 1.807) is 7.11 Å². The molecule has 0 radical (unpaired) electrons. The van der Waals surface area contributed by atoms with Crippen LogP contribution in [0.15, 0.2) is 59.0 Å². The summed E-state index contributed by atoms with van der Waals surface area (Å²) in [5, 5.41) is 8.57. The van der Waals surface area contributed by atoms with Crippen LogP contribution in [0.25, 0.3) is 11.5 Å². The molecule has 2 aliphatic rings. The van der Waals surface area contributed by atoms with Crippen molar-refractivity contribution in [2.24, 2.45) is 5.41 Å². The van der Waals surface area contributed by atoms with Gasteiger partial charge >= 0.3 is 0 Å². The van der Waals surface area contributed by atoms with Crippen LogP contribution in [0.3, 0.4) is 0 Å². The normalized spacial score (nSPS) is 20.1. The summed E-state index contributed by atoms with van der Waals surface area (Å²) < 4.78 is 11.2. The summed E-state index contributed by atoms with van der Waals surface area (Å²) in [6.45, 7) is 2.48. The molecule has 2 aliphatic heterocycles. The fraction of sp³-hybridized carbons (Fsp3) is 0.375. The molecule has 1 unspecified atom stereocenters. The molecule has 160 valence electrons. The van der Waals surface area contributed by atoms with E-state index in [0.717, 1.165) is 42.9 Å². The van der Waals surface area contributed by atoms with E-state index in [1.165, 1.54) is 0 Å². The topological polar surface area (TPSA) is 71.7 Å². The number of nitrogens with zero attached hydrogens (tertiary/aromatic N) is 4. The molecule has 1 aromatic heterocycles. The lowest BCUT2D eigenvalue weighted by Gasteiger charge is -2.48. The Morgan fingerprint density at radius 2 is 1.84 bits per heavy atom. The van der Waals surface area contributed by atoms with Gasteiger partial charge in [0.2, 0.25) is 17.7 Å². The molecule has 2 aromatic carbocycles. The SMILES string of the molecule is COc1ccc(CC(=O)N2CC3(CC(c4nnc(-c5ccccc5)o4)N(C)C3)C2)cc1. The molecule has 0 N–H and O–H groups in total. The van der Waals surface area contributed by atoms with Gasteiger partial charge in [-0.05, 0) is 43.3 Å². The van der Waals surface area contributed by atoms with E-state index in [4.69, 9.17) is 9.15 Å². The van der Waals surface area contributed by atoms with E-state index in [1.807, 2.05) is 59.5 Å². The molecule has 0 bridgehead atoms. The van der Waals surface area contributed by atoms with Crippen LogP contribution in [0.1, 0.15) is 23.9 Å². The minimum Gasteiger partial charge on any atom is -0.497 e. The Morgan fingerprint density at radius 1 is 1.10 bits per heavy atom. The van der Waals surface area contributed by atoms with Crippen LogP contribution in [0, 0.1) is 5.41 Å². The minimum absolute atomic E-state index is 0.0869. The number of aromatic nitrogens is 2. The number of rotatable bonds is 5. The van der Waals surface area contributed by atoms with E-state index in [-0.39, 0.29) is 17.4 Å².